The molecule has 0 aliphatic rings. The Morgan fingerprint density at radius 3 is 2.45 bits per heavy atom. The molecule has 0 fully saturated rings. The molecule has 7 nitrogen and oxygen atoms in total. The van der Waals surface area contributed by atoms with Crippen LogP contribution < -0.4 is 11.1 Å². The van der Waals surface area contributed by atoms with Crippen LogP contribution in [0.1, 0.15) is 12.0 Å². The van der Waals surface area contributed by atoms with E-state index in [-0.39, 0.29) is 18.7 Å². The molecule has 1 aromatic rings. The summed E-state index contributed by atoms with van der Waals surface area (Å²) in [5.74, 6) is -0.661. The maximum atomic E-state index is 11.6. The van der Waals surface area contributed by atoms with Crippen LogP contribution in [0, 0.1) is 0 Å². The van der Waals surface area contributed by atoms with E-state index in [9.17, 15) is 13.2 Å². The molecule has 1 rings (SSSR count). The Morgan fingerprint density at radius 1 is 1.30 bits per heavy atom. The normalized spacial score (nSPS) is 12.9. The average Bonchev–Trinajstić information content (AvgIpc) is 2.36. The number of carbonyl (C=O) groups is 1. The topological polar surface area (TPSA) is 130 Å². The lowest BCUT2D eigenvalue weighted by atomic mass is 10.1. The minimum Gasteiger partial charge on any atom is -0.508 e. The molecule has 0 aromatic heterocycles. The molecular formula is C12H18N2O5S. The first-order valence-corrected chi connectivity index (χ1v) is 7.65. The van der Waals surface area contributed by atoms with Crippen LogP contribution in [0.15, 0.2) is 24.3 Å². The van der Waals surface area contributed by atoms with E-state index in [0.29, 0.717) is 6.42 Å². The van der Waals surface area contributed by atoms with Crippen LogP contribution in [0.4, 0.5) is 0 Å². The second-order valence-corrected chi connectivity index (χ2v) is 5.98. The van der Waals surface area contributed by atoms with Crippen LogP contribution in [0.2, 0.25) is 0 Å². The number of phenolic OH excluding ortho intramolecular Hbond substituents is 1. The largest absolute Gasteiger partial charge is 0.508 e. The molecule has 0 saturated carbocycles. The van der Waals surface area contributed by atoms with Crippen molar-refractivity contribution in [1.29, 1.82) is 0 Å². The standard InChI is InChI=1S/C12H18N2O5S/c13-11(8-9-2-4-10(15)5-3-9)12(16)14-6-1-7-20(17,18)19/h2-5,11,15H,1,6-8,13H2,(H,14,16)(H,17,18,19)/t11-/m0/s1. The third kappa shape index (κ3) is 6.50. The average molecular weight is 302 g/mol. The van der Waals surface area contributed by atoms with E-state index in [0.717, 1.165) is 5.56 Å². The van der Waals surface area contributed by atoms with Crippen LogP contribution in [0.5, 0.6) is 5.75 Å². The van der Waals surface area contributed by atoms with Gasteiger partial charge in [0.15, 0.2) is 0 Å². The summed E-state index contributed by atoms with van der Waals surface area (Å²) in [6, 6.07) is 5.59. The van der Waals surface area contributed by atoms with Gasteiger partial charge < -0.3 is 16.2 Å². The van der Waals surface area contributed by atoms with Gasteiger partial charge in [-0.15, -0.1) is 0 Å². The zero-order valence-electron chi connectivity index (χ0n) is 10.8. The predicted octanol–water partition coefficient (Wildman–Crippen LogP) is -0.344. The summed E-state index contributed by atoms with van der Waals surface area (Å²) in [5.41, 5.74) is 6.52. The number of hydrogen-bond acceptors (Lipinski definition) is 5. The summed E-state index contributed by atoms with van der Waals surface area (Å²) in [4.78, 5) is 11.6. The Kier molecular flexibility index (Phi) is 5.93. The van der Waals surface area contributed by atoms with Gasteiger partial charge in [-0.2, -0.15) is 8.42 Å². The zero-order chi connectivity index (χ0) is 15.2. The lowest BCUT2D eigenvalue weighted by Gasteiger charge is -2.12. The molecule has 1 atom stereocenters. The van der Waals surface area contributed by atoms with Crippen molar-refractivity contribution in [1.82, 2.24) is 5.32 Å². The number of hydrogen-bond donors (Lipinski definition) is 4. The number of rotatable bonds is 7. The molecule has 20 heavy (non-hydrogen) atoms. The number of aromatic hydroxyl groups is 1. The van der Waals surface area contributed by atoms with E-state index in [1.807, 2.05) is 0 Å². The molecule has 1 aromatic carbocycles. The molecule has 0 unspecified atom stereocenters. The highest BCUT2D eigenvalue weighted by molar-refractivity contribution is 7.85. The zero-order valence-corrected chi connectivity index (χ0v) is 11.6. The van der Waals surface area contributed by atoms with Crippen molar-refractivity contribution in [2.75, 3.05) is 12.3 Å². The predicted molar refractivity (Wildman–Crippen MR) is 73.8 cm³/mol. The van der Waals surface area contributed by atoms with Gasteiger partial charge >= 0.3 is 0 Å². The fourth-order valence-electron chi connectivity index (χ4n) is 1.58. The van der Waals surface area contributed by atoms with E-state index in [4.69, 9.17) is 15.4 Å². The molecule has 0 saturated heterocycles. The Labute approximate surface area is 117 Å². The number of carbonyl (C=O) groups excluding carboxylic acids is 1. The fourth-order valence-corrected chi connectivity index (χ4v) is 2.09. The lowest BCUT2D eigenvalue weighted by Crippen LogP contribution is -2.42. The Hall–Kier alpha value is -1.64. The minimum atomic E-state index is -4.00. The SMILES string of the molecule is N[C@@H](Cc1ccc(O)cc1)C(=O)NCCCS(=O)(=O)O. The summed E-state index contributed by atoms with van der Waals surface area (Å²) in [7, 11) is -4.00. The molecule has 112 valence electrons. The molecule has 0 radical (unpaired) electrons. The maximum absolute atomic E-state index is 11.6. The van der Waals surface area contributed by atoms with Gasteiger partial charge in [-0.05, 0) is 30.5 Å². The number of amides is 1. The monoisotopic (exact) mass is 302 g/mol. The van der Waals surface area contributed by atoms with Crippen molar-refractivity contribution in [3.8, 4) is 5.75 Å². The van der Waals surface area contributed by atoms with Crippen molar-refractivity contribution < 1.29 is 22.9 Å². The molecular weight excluding hydrogens is 284 g/mol. The third-order valence-corrected chi connectivity index (χ3v) is 3.41. The van der Waals surface area contributed by atoms with Crippen molar-refractivity contribution in [3.05, 3.63) is 29.8 Å². The van der Waals surface area contributed by atoms with E-state index < -0.39 is 27.8 Å². The second kappa shape index (κ2) is 7.22. The first-order chi connectivity index (χ1) is 9.28. The van der Waals surface area contributed by atoms with E-state index >= 15 is 0 Å². The number of nitrogens with one attached hydrogen (secondary N) is 1. The summed E-state index contributed by atoms with van der Waals surface area (Å²) in [6.45, 7) is 0.127. The van der Waals surface area contributed by atoms with Crippen LogP contribution >= 0.6 is 0 Å². The molecule has 1 amide bonds. The van der Waals surface area contributed by atoms with Gasteiger partial charge in [0.1, 0.15) is 5.75 Å². The van der Waals surface area contributed by atoms with E-state index in [1.54, 1.807) is 12.1 Å². The highest BCUT2D eigenvalue weighted by Crippen LogP contribution is 2.10. The fraction of sp³-hybridized carbons (Fsp3) is 0.417. The lowest BCUT2D eigenvalue weighted by molar-refractivity contribution is -0.122. The van der Waals surface area contributed by atoms with Crippen molar-refractivity contribution in [3.63, 3.8) is 0 Å². The summed E-state index contributed by atoms with van der Waals surface area (Å²) < 4.78 is 29.5. The summed E-state index contributed by atoms with van der Waals surface area (Å²) in [5, 5.41) is 11.6. The van der Waals surface area contributed by atoms with Gasteiger partial charge in [0.25, 0.3) is 10.1 Å². The van der Waals surface area contributed by atoms with Crippen LogP contribution in [-0.4, -0.2) is 42.3 Å². The Balaban J connectivity index is 2.34. The van der Waals surface area contributed by atoms with Crippen LogP contribution in [0.25, 0.3) is 0 Å². The maximum Gasteiger partial charge on any atom is 0.264 e. The Bertz CT molecular complexity index is 541. The highest BCUT2D eigenvalue weighted by Gasteiger charge is 2.14. The quantitative estimate of drug-likeness (QED) is 0.402. The van der Waals surface area contributed by atoms with Crippen LogP contribution in [0.3, 0.4) is 0 Å². The summed E-state index contributed by atoms with van der Waals surface area (Å²) >= 11 is 0. The van der Waals surface area contributed by atoms with Gasteiger partial charge in [0.2, 0.25) is 5.91 Å². The molecule has 0 heterocycles. The molecule has 0 bridgehead atoms. The number of benzene rings is 1. The summed E-state index contributed by atoms with van der Waals surface area (Å²) in [6.07, 6.45) is 0.431. The van der Waals surface area contributed by atoms with Crippen LogP contribution in [-0.2, 0) is 21.3 Å². The van der Waals surface area contributed by atoms with E-state index in [2.05, 4.69) is 5.32 Å². The third-order valence-electron chi connectivity index (χ3n) is 2.61. The minimum absolute atomic E-state index is 0.122. The van der Waals surface area contributed by atoms with Crippen molar-refractivity contribution >= 4 is 16.0 Å². The molecule has 0 spiro atoms. The second-order valence-electron chi connectivity index (χ2n) is 4.41. The first-order valence-electron chi connectivity index (χ1n) is 6.04. The molecule has 0 aliphatic carbocycles. The van der Waals surface area contributed by atoms with Gasteiger partial charge in [-0.3, -0.25) is 9.35 Å². The van der Waals surface area contributed by atoms with Gasteiger partial charge in [0, 0.05) is 6.54 Å². The van der Waals surface area contributed by atoms with Gasteiger partial charge in [0.05, 0.1) is 11.8 Å². The highest BCUT2D eigenvalue weighted by atomic mass is 32.2. The number of nitrogens with two attached hydrogens (primary N) is 1. The molecule has 0 aliphatic heterocycles. The van der Waals surface area contributed by atoms with Crippen molar-refractivity contribution in [2.45, 2.75) is 18.9 Å². The van der Waals surface area contributed by atoms with Crippen molar-refractivity contribution in [2.24, 2.45) is 5.73 Å². The first kappa shape index (κ1) is 16.4. The smallest absolute Gasteiger partial charge is 0.264 e. The number of phenols is 1. The Morgan fingerprint density at radius 2 is 1.90 bits per heavy atom. The molecule has 8 heteroatoms. The molecule has 5 N–H and O–H groups in total. The van der Waals surface area contributed by atoms with Gasteiger partial charge in [-0.25, -0.2) is 0 Å². The van der Waals surface area contributed by atoms with E-state index in [1.165, 1.54) is 12.1 Å². The van der Waals surface area contributed by atoms with Gasteiger partial charge in [-0.1, -0.05) is 12.1 Å².